The Balaban J connectivity index is 2.45. The number of halogens is 2. The van der Waals surface area contributed by atoms with Gasteiger partial charge in [-0.2, -0.15) is 4.98 Å². The molecule has 0 radical (unpaired) electrons. The fourth-order valence-corrected chi connectivity index (χ4v) is 2.16. The first-order valence-electron chi connectivity index (χ1n) is 6.22. The van der Waals surface area contributed by atoms with Gasteiger partial charge in [0.1, 0.15) is 11.9 Å². The highest BCUT2D eigenvalue weighted by atomic mass is 19.1. The van der Waals surface area contributed by atoms with Crippen molar-refractivity contribution >= 4 is 5.82 Å². The van der Waals surface area contributed by atoms with E-state index in [1.54, 1.807) is 0 Å². The van der Waals surface area contributed by atoms with Crippen LogP contribution in [0, 0.1) is 0 Å². The molecule has 0 bridgehead atoms. The number of hydrogen-bond acceptors (Lipinski definition) is 5. The first-order chi connectivity index (χ1) is 10.0. The molecular weight excluding hydrogens is 284 g/mol. The van der Waals surface area contributed by atoms with E-state index < -0.39 is 31.3 Å². The molecule has 3 N–H and O–H groups in total. The molecule has 8 heteroatoms. The van der Waals surface area contributed by atoms with Crippen molar-refractivity contribution in [3.8, 4) is 0 Å². The van der Waals surface area contributed by atoms with E-state index in [-0.39, 0.29) is 29.7 Å². The first kappa shape index (κ1) is 15.3. The van der Waals surface area contributed by atoms with E-state index in [4.69, 9.17) is 15.6 Å². The molecule has 1 aliphatic rings. The molecule has 21 heavy (non-hydrogen) atoms. The summed E-state index contributed by atoms with van der Waals surface area (Å²) >= 11 is 0. The monoisotopic (exact) mass is 299 g/mol. The van der Waals surface area contributed by atoms with Gasteiger partial charge in [0.2, 0.25) is 0 Å². The molecule has 1 saturated heterocycles. The molecule has 114 valence electrons. The summed E-state index contributed by atoms with van der Waals surface area (Å²) in [6, 6.07) is 0. The van der Waals surface area contributed by atoms with Crippen LogP contribution in [0.4, 0.5) is 14.6 Å². The largest absolute Gasteiger partial charge is 0.393 e. The molecule has 6 nitrogen and oxygen atoms in total. The average molecular weight is 299 g/mol. The van der Waals surface area contributed by atoms with E-state index in [0.717, 1.165) is 4.57 Å². The number of nitrogens with zero attached hydrogens (tertiary/aromatic N) is 2. The van der Waals surface area contributed by atoms with Crippen molar-refractivity contribution in [1.82, 2.24) is 9.55 Å². The van der Waals surface area contributed by atoms with Crippen molar-refractivity contribution < 1.29 is 18.6 Å². The highest BCUT2D eigenvalue weighted by Gasteiger charge is 2.35. The van der Waals surface area contributed by atoms with Crippen LogP contribution >= 0.6 is 0 Å². The lowest BCUT2D eigenvalue weighted by molar-refractivity contribution is -0.00829. The van der Waals surface area contributed by atoms with Crippen LogP contribution in [0.5, 0.6) is 0 Å². The summed E-state index contributed by atoms with van der Waals surface area (Å²) in [5.41, 5.74) is 5.43. The zero-order chi connectivity index (χ0) is 15.6. The van der Waals surface area contributed by atoms with Gasteiger partial charge in [0.05, 0.1) is 19.6 Å². The van der Waals surface area contributed by atoms with E-state index in [2.05, 4.69) is 11.6 Å². The lowest BCUT2D eigenvalue weighted by Crippen LogP contribution is -2.29. The molecular formula is C13H15F2N3O3. The number of anilines is 1. The third-order valence-corrected chi connectivity index (χ3v) is 3.27. The molecule has 1 aliphatic heterocycles. The molecule has 2 heterocycles. The molecule has 0 aromatic carbocycles. The van der Waals surface area contributed by atoms with Gasteiger partial charge in [-0.05, 0) is 0 Å². The van der Waals surface area contributed by atoms with Crippen molar-refractivity contribution in [2.75, 3.05) is 19.0 Å². The van der Waals surface area contributed by atoms with Crippen LogP contribution in [0.2, 0.25) is 0 Å². The highest BCUT2D eigenvalue weighted by Crippen LogP contribution is 2.36. The van der Waals surface area contributed by atoms with Crippen LogP contribution in [0.1, 0.15) is 11.8 Å². The molecule has 1 aromatic heterocycles. The smallest absolute Gasteiger partial charge is 0.351 e. The Hall–Kier alpha value is -2.06. The van der Waals surface area contributed by atoms with Crippen LogP contribution in [0.15, 0.2) is 35.0 Å². The Labute approximate surface area is 119 Å². The van der Waals surface area contributed by atoms with Gasteiger partial charge in [0.15, 0.2) is 6.23 Å². The van der Waals surface area contributed by atoms with Gasteiger partial charge in [-0.1, -0.05) is 6.58 Å². The minimum atomic E-state index is -1.01. The van der Waals surface area contributed by atoms with E-state index in [0.29, 0.717) is 5.56 Å². The normalized spacial score (nSPS) is 24.0. The summed E-state index contributed by atoms with van der Waals surface area (Å²) in [4.78, 5) is 15.5. The Kier molecular flexibility index (Phi) is 4.49. The van der Waals surface area contributed by atoms with Gasteiger partial charge in [-0.3, -0.25) is 8.96 Å². The van der Waals surface area contributed by atoms with E-state index in [9.17, 15) is 13.6 Å². The summed E-state index contributed by atoms with van der Waals surface area (Å²) in [7, 11) is 0. The Bertz CT molecular complexity index is 642. The number of rotatable bonds is 4. The maximum absolute atomic E-state index is 12.9. The Morgan fingerprint density at radius 3 is 2.86 bits per heavy atom. The molecule has 0 amide bonds. The van der Waals surface area contributed by atoms with Crippen LogP contribution in [0.3, 0.4) is 0 Å². The predicted octanol–water partition coefficient (Wildman–Crippen LogP) is 0.637. The molecule has 1 aromatic rings. The van der Waals surface area contributed by atoms with Gasteiger partial charge in [0, 0.05) is 29.3 Å². The summed E-state index contributed by atoms with van der Waals surface area (Å²) in [6.45, 7) is 2.54. The van der Waals surface area contributed by atoms with Crippen LogP contribution < -0.4 is 11.4 Å². The predicted molar refractivity (Wildman–Crippen MR) is 71.9 cm³/mol. The zero-order valence-electron chi connectivity index (χ0n) is 11.1. The second-order valence-corrected chi connectivity index (χ2v) is 4.53. The number of nitrogen functional groups attached to an aromatic ring is 1. The topological polar surface area (TPSA) is 90.4 Å². The van der Waals surface area contributed by atoms with Crippen molar-refractivity contribution in [3.05, 3.63) is 46.3 Å². The number of hydrogen-bond donors (Lipinski definition) is 2. The molecule has 2 atom stereocenters. The number of aliphatic hydroxyl groups is 1. The van der Waals surface area contributed by atoms with E-state index in [1.165, 1.54) is 6.20 Å². The summed E-state index contributed by atoms with van der Waals surface area (Å²) in [5.74, 6) is -0.0579. The number of aromatic nitrogens is 2. The fourth-order valence-electron chi connectivity index (χ4n) is 2.16. The lowest BCUT2D eigenvalue weighted by atomic mass is 10.1. The standard InChI is InChI=1S/C13H15F2N3O3/c1-7-9(4-15)10(6-19)21-12(7)18-5-8(2-3-14)11(16)17-13(18)20/h4-5,10,12,19H,1-3,6H2,(H2,16,17,20)/b9-4+. The molecule has 0 aliphatic carbocycles. The molecule has 1 fully saturated rings. The van der Waals surface area contributed by atoms with Crippen LogP contribution in [-0.4, -0.2) is 34.0 Å². The van der Waals surface area contributed by atoms with E-state index in [1.807, 2.05) is 0 Å². The number of aryl methyl sites for hydroxylation is 1. The maximum atomic E-state index is 12.9. The second-order valence-electron chi connectivity index (χ2n) is 4.53. The summed E-state index contributed by atoms with van der Waals surface area (Å²) < 4.78 is 31.8. The van der Waals surface area contributed by atoms with E-state index >= 15 is 0 Å². The van der Waals surface area contributed by atoms with Gasteiger partial charge in [-0.25, -0.2) is 9.18 Å². The minimum absolute atomic E-state index is 0.00640. The summed E-state index contributed by atoms with van der Waals surface area (Å²) in [6.07, 6.45) is -0.338. The maximum Gasteiger partial charge on any atom is 0.351 e. The quantitative estimate of drug-likeness (QED) is 0.851. The number of ether oxygens (including phenoxy) is 1. The molecule has 0 saturated carbocycles. The van der Waals surface area contributed by atoms with Crippen LogP contribution in [-0.2, 0) is 11.2 Å². The average Bonchev–Trinajstić information content (AvgIpc) is 2.78. The third-order valence-electron chi connectivity index (χ3n) is 3.27. The van der Waals surface area contributed by atoms with Gasteiger partial charge in [0.25, 0.3) is 0 Å². The lowest BCUT2D eigenvalue weighted by Gasteiger charge is -2.16. The molecule has 2 rings (SSSR count). The minimum Gasteiger partial charge on any atom is -0.393 e. The SMILES string of the molecule is C=C1/C(=C\F)C(CO)OC1n1cc(CCF)c(N)nc1=O. The van der Waals surface area contributed by atoms with Crippen molar-refractivity contribution in [2.45, 2.75) is 18.8 Å². The zero-order valence-corrected chi connectivity index (χ0v) is 11.1. The van der Waals surface area contributed by atoms with Gasteiger partial charge >= 0.3 is 5.69 Å². The van der Waals surface area contributed by atoms with Gasteiger partial charge < -0.3 is 15.6 Å². The number of alkyl halides is 1. The fraction of sp³-hybridized carbons (Fsp3) is 0.385. The number of nitrogens with two attached hydrogens (primary N) is 1. The van der Waals surface area contributed by atoms with Crippen LogP contribution in [0.25, 0.3) is 0 Å². The third kappa shape index (κ3) is 2.72. The second kappa shape index (κ2) is 6.15. The Morgan fingerprint density at radius 2 is 2.33 bits per heavy atom. The highest BCUT2D eigenvalue weighted by molar-refractivity contribution is 5.40. The summed E-state index contributed by atoms with van der Waals surface area (Å²) in [5, 5.41) is 9.16. The first-order valence-corrected chi connectivity index (χ1v) is 6.22. The van der Waals surface area contributed by atoms with Crippen molar-refractivity contribution in [3.63, 3.8) is 0 Å². The number of aliphatic hydroxyl groups excluding tert-OH is 1. The van der Waals surface area contributed by atoms with Crippen molar-refractivity contribution in [2.24, 2.45) is 0 Å². The van der Waals surface area contributed by atoms with Gasteiger partial charge in [-0.15, -0.1) is 0 Å². The van der Waals surface area contributed by atoms with Crippen molar-refractivity contribution in [1.29, 1.82) is 0 Å². The Morgan fingerprint density at radius 1 is 1.62 bits per heavy atom. The molecule has 0 spiro atoms. The molecule has 2 unspecified atom stereocenters.